The van der Waals surface area contributed by atoms with Crippen LogP contribution in [0.2, 0.25) is 10.0 Å². The first kappa shape index (κ1) is 16.7. The Morgan fingerprint density at radius 1 is 1.16 bits per heavy atom. The number of rotatable bonds is 3. The van der Waals surface area contributed by atoms with Gasteiger partial charge in [-0.25, -0.2) is 9.78 Å². The number of hydrogen-bond donors (Lipinski definition) is 0. The van der Waals surface area contributed by atoms with Gasteiger partial charge in [0.05, 0.1) is 26.5 Å². The first-order chi connectivity index (χ1) is 12.0. The Labute approximate surface area is 161 Å². The summed E-state index contributed by atoms with van der Waals surface area (Å²) in [5.41, 5.74) is 1.98. The van der Waals surface area contributed by atoms with Crippen LogP contribution in [-0.2, 0) is 6.54 Å². The van der Waals surface area contributed by atoms with Crippen molar-refractivity contribution in [3.63, 3.8) is 0 Å². The Bertz CT molecular complexity index is 1130. The summed E-state index contributed by atoms with van der Waals surface area (Å²) < 4.78 is 1.64. The summed E-state index contributed by atoms with van der Waals surface area (Å²) in [4.78, 5) is 23.3. The Kier molecular flexibility index (Phi) is 4.37. The van der Waals surface area contributed by atoms with E-state index in [2.05, 4.69) is 9.97 Å². The van der Waals surface area contributed by atoms with E-state index in [0.29, 0.717) is 22.3 Å². The monoisotopic (exact) mass is 407 g/mol. The molecule has 8 heteroatoms. The minimum absolute atomic E-state index is 0.300. The predicted octanol–water partition coefficient (Wildman–Crippen LogP) is 5.25. The summed E-state index contributed by atoms with van der Waals surface area (Å²) in [5, 5.41) is 3.81. The minimum Gasteiger partial charge on any atom is -0.277 e. The van der Waals surface area contributed by atoms with E-state index in [4.69, 9.17) is 23.2 Å². The number of benzene rings is 1. The number of fused-ring (bicyclic) bond motifs is 1. The molecule has 4 rings (SSSR count). The first-order valence-electron chi connectivity index (χ1n) is 7.38. The molecule has 0 radical (unpaired) electrons. The molecule has 0 aliphatic heterocycles. The van der Waals surface area contributed by atoms with Crippen LogP contribution in [0.3, 0.4) is 0 Å². The van der Waals surface area contributed by atoms with Gasteiger partial charge in [0.1, 0.15) is 16.0 Å². The Hall–Kier alpha value is -1.73. The van der Waals surface area contributed by atoms with Gasteiger partial charge < -0.3 is 0 Å². The maximum Gasteiger partial charge on any atom is 0.349 e. The highest BCUT2D eigenvalue weighted by Gasteiger charge is 2.17. The molecular formula is C17H11Cl2N3OS2. The van der Waals surface area contributed by atoms with Crippen molar-refractivity contribution in [1.82, 2.24) is 14.5 Å². The van der Waals surface area contributed by atoms with Crippen molar-refractivity contribution in [2.45, 2.75) is 13.5 Å². The van der Waals surface area contributed by atoms with Crippen LogP contribution in [0.4, 0.5) is 0 Å². The van der Waals surface area contributed by atoms with Gasteiger partial charge in [-0.1, -0.05) is 35.3 Å². The molecule has 126 valence electrons. The number of hydrogen-bond acceptors (Lipinski definition) is 5. The van der Waals surface area contributed by atoms with Crippen LogP contribution >= 0.6 is 45.9 Å². The lowest BCUT2D eigenvalue weighted by molar-refractivity contribution is 0.768. The molecule has 0 unspecified atom stereocenters. The molecule has 0 atom stereocenters. The van der Waals surface area contributed by atoms with Gasteiger partial charge >= 0.3 is 5.69 Å². The predicted molar refractivity (Wildman–Crippen MR) is 105 cm³/mol. The van der Waals surface area contributed by atoms with Crippen molar-refractivity contribution in [2.75, 3.05) is 0 Å². The third kappa shape index (κ3) is 3.11. The standard InChI is InChI=1S/C17H11Cl2N3OS2/c1-9-20-15-14(13-3-2-6-24-13)21-17(23)22(16(15)25-9)8-10-4-5-11(18)12(19)7-10/h2-7H,8H2,1H3. The van der Waals surface area contributed by atoms with Crippen LogP contribution in [0.15, 0.2) is 40.5 Å². The third-order valence-electron chi connectivity index (χ3n) is 3.70. The SMILES string of the molecule is Cc1nc2c(-c3cccs3)nc(=O)n(Cc3ccc(Cl)c(Cl)c3)c2s1. The van der Waals surface area contributed by atoms with Gasteiger partial charge in [-0.2, -0.15) is 4.98 Å². The summed E-state index contributed by atoms with van der Waals surface area (Å²) in [7, 11) is 0. The lowest BCUT2D eigenvalue weighted by atomic mass is 10.2. The van der Waals surface area contributed by atoms with Gasteiger partial charge in [0.15, 0.2) is 0 Å². The van der Waals surface area contributed by atoms with Crippen LogP contribution < -0.4 is 5.69 Å². The van der Waals surface area contributed by atoms with Crippen LogP contribution in [0.25, 0.3) is 20.9 Å². The fraction of sp³-hybridized carbons (Fsp3) is 0.118. The number of thiophene rings is 1. The van der Waals surface area contributed by atoms with Crippen molar-refractivity contribution in [1.29, 1.82) is 0 Å². The molecule has 0 spiro atoms. The topological polar surface area (TPSA) is 47.8 Å². The number of nitrogens with zero attached hydrogens (tertiary/aromatic N) is 3. The van der Waals surface area contributed by atoms with Crippen molar-refractivity contribution in [3.05, 3.63) is 66.8 Å². The van der Waals surface area contributed by atoms with Crippen molar-refractivity contribution in [2.24, 2.45) is 0 Å². The van der Waals surface area contributed by atoms with Crippen molar-refractivity contribution >= 4 is 56.2 Å². The van der Waals surface area contributed by atoms with Gasteiger partial charge in [-0.15, -0.1) is 22.7 Å². The van der Waals surface area contributed by atoms with Gasteiger partial charge in [-0.05, 0) is 36.1 Å². The molecule has 25 heavy (non-hydrogen) atoms. The van der Waals surface area contributed by atoms with Crippen molar-refractivity contribution in [3.8, 4) is 10.6 Å². The molecule has 3 heterocycles. The zero-order valence-electron chi connectivity index (χ0n) is 13.0. The zero-order valence-corrected chi connectivity index (χ0v) is 16.1. The normalized spacial score (nSPS) is 11.3. The Balaban J connectivity index is 1.90. The number of thiazole rings is 1. The highest BCUT2D eigenvalue weighted by molar-refractivity contribution is 7.18. The van der Waals surface area contributed by atoms with Crippen LogP contribution in [0.1, 0.15) is 10.6 Å². The summed E-state index contributed by atoms with van der Waals surface area (Å²) in [6.45, 7) is 2.29. The van der Waals surface area contributed by atoms with E-state index in [1.54, 1.807) is 28.0 Å². The van der Waals surface area contributed by atoms with E-state index in [0.717, 1.165) is 25.8 Å². The van der Waals surface area contributed by atoms with Crippen LogP contribution in [0, 0.1) is 6.92 Å². The second-order valence-electron chi connectivity index (χ2n) is 5.44. The number of aromatic nitrogens is 3. The lowest BCUT2D eigenvalue weighted by Crippen LogP contribution is -2.24. The second-order valence-corrected chi connectivity index (χ2v) is 8.39. The molecule has 0 fully saturated rings. The van der Waals surface area contributed by atoms with E-state index in [1.165, 1.54) is 11.3 Å². The average molecular weight is 408 g/mol. The summed E-state index contributed by atoms with van der Waals surface area (Å²) in [6.07, 6.45) is 0. The van der Waals surface area contributed by atoms with Gasteiger partial charge in [-0.3, -0.25) is 4.57 Å². The molecule has 4 aromatic rings. The Morgan fingerprint density at radius 3 is 2.72 bits per heavy atom. The smallest absolute Gasteiger partial charge is 0.277 e. The van der Waals surface area contributed by atoms with Gasteiger partial charge in [0, 0.05) is 0 Å². The molecule has 1 aromatic carbocycles. The molecule has 0 aliphatic rings. The van der Waals surface area contributed by atoms with E-state index in [-0.39, 0.29) is 5.69 Å². The summed E-state index contributed by atoms with van der Waals surface area (Å²) >= 11 is 15.1. The highest BCUT2D eigenvalue weighted by Crippen LogP contribution is 2.31. The van der Waals surface area contributed by atoms with E-state index >= 15 is 0 Å². The molecule has 0 aliphatic carbocycles. The van der Waals surface area contributed by atoms with E-state index in [9.17, 15) is 4.79 Å². The fourth-order valence-electron chi connectivity index (χ4n) is 2.59. The van der Waals surface area contributed by atoms with Gasteiger partial charge in [0.25, 0.3) is 0 Å². The van der Waals surface area contributed by atoms with Crippen LogP contribution in [0.5, 0.6) is 0 Å². The average Bonchev–Trinajstić information content (AvgIpc) is 3.22. The molecule has 0 amide bonds. The molecule has 0 bridgehead atoms. The first-order valence-corrected chi connectivity index (χ1v) is 9.84. The summed E-state index contributed by atoms with van der Waals surface area (Å²) in [6, 6.07) is 9.24. The molecular weight excluding hydrogens is 397 g/mol. The second kappa shape index (κ2) is 6.53. The number of halogens is 2. The number of aryl methyl sites for hydroxylation is 1. The maximum atomic E-state index is 12.7. The third-order valence-corrected chi connectivity index (χ3v) is 6.31. The lowest BCUT2D eigenvalue weighted by Gasteiger charge is -2.09. The van der Waals surface area contributed by atoms with E-state index < -0.39 is 0 Å². The highest BCUT2D eigenvalue weighted by atomic mass is 35.5. The Morgan fingerprint density at radius 2 is 2.00 bits per heavy atom. The largest absolute Gasteiger partial charge is 0.349 e. The molecule has 0 saturated carbocycles. The van der Waals surface area contributed by atoms with E-state index in [1.807, 2.05) is 30.5 Å². The molecule has 4 nitrogen and oxygen atoms in total. The maximum absolute atomic E-state index is 12.7. The molecule has 0 saturated heterocycles. The zero-order chi connectivity index (χ0) is 17.6. The molecule has 3 aromatic heterocycles. The van der Waals surface area contributed by atoms with Crippen LogP contribution in [-0.4, -0.2) is 14.5 Å². The summed E-state index contributed by atoms with van der Waals surface area (Å²) in [5.74, 6) is 0. The minimum atomic E-state index is -0.300. The van der Waals surface area contributed by atoms with Gasteiger partial charge in [0.2, 0.25) is 0 Å². The fourth-order valence-corrected chi connectivity index (χ4v) is 4.54. The van der Waals surface area contributed by atoms with Crippen molar-refractivity contribution < 1.29 is 0 Å². The molecule has 0 N–H and O–H groups in total. The quantitative estimate of drug-likeness (QED) is 0.466.